The molecule has 1 saturated heterocycles. The number of anilines is 1. The molecule has 224 valence electrons. The number of carbonyl (C=O) groups is 2. The van der Waals surface area contributed by atoms with Crippen LogP contribution in [0, 0.1) is 0 Å². The van der Waals surface area contributed by atoms with Crippen LogP contribution in [0.5, 0.6) is 5.75 Å². The summed E-state index contributed by atoms with van der Waals surface area (Å²) in [5, 5.41) is 12.8. The number of aromatic nitrogens is 2. The number of ether oxygens (including phenoxy) is 5. The Kier molecular flexibility index (Phi) is 10.1. The molecule has 2 atom stereocenters. The van der Waals surface area contributed by atoms with Gasteiger partial charge in [0.05, 0.1) is 25.4 Å². The summed E-state index contributed by atoms with van der Waals surface area (Å²) in [6.45, 7) is 5.19. The molecule has 0 unspecified atom stereocenters. The van der Waals surface area contributed by atoms with E-state index in [1.54, 1.807) is 0 Å². The van der Waals surface area contributed by atoms with Crippen molar-refractivity contribution in [2.45, 2.75) is 70.7 Å². The molecule has 2 fully saturated rings. The van der Waals surface area contributed by atoms with Gasteiger partial charge in [0, 0.05) is 23.7 Å². The van der Waals surface area contributed by atoms with Gasteiger partial charge in [0.25, 0.3) is 5.91 Å². The molecule has 11 nitrogen and oxygen atoms in total. The largest absolute Gasteiger partial charge is 0.488 e. The second-order valence-electron chi connectivity index (χ2n) is 10.8. The highest BCUT2D eigenvalue weighted by Crippen LogP contribution is 2.36. The van der Waals surface area contributed by atoms with Crippen molar-refractivity contribution in [3.63, 3.8) is 0 Å². The molecule has 3 N–H and O–H groups in total. The van der Waals surface area contributed by atoms with E-state index >= 15 is 0 Å². The molecule has 0 bridgehead atoms. The molecule has 5 rings (SSSR count). The summed E-state index contributed by atoms with van der Waals surface area (Å²) in [6, 6.07) is 17.4. The van der Waals surface area contributed by atoms with Crippen LogP contribution in [0.25, 0.3) is 0 Å². The number of carbonyl (C=O) groups excluding carboxylic acids is 2. The normalized spacial score (nSPS) is 18.7. The van der Waals surface area contributed by atoms with Gasteiger partial charge < -0.3 is 34.3 Å². The number of aromatic amines is 1. The van der Waals surface area contributed by atoms with Crippen molar-refractivity contribution in [3.8, 4) is 5.75 Å². The SMILES string of the molecule is CC(C)NC(=O)O[C@@H]1CC[C@H](c2cc(NC(=O)COCc3cccc(OCc4ccccc4)c3C3OCCO3)n[nH]2)C1. The fourth-order valence-electron chi connectivity index (χ4n) is 5.16. The fraction of sp³-hybridized carbons (Fsp3) is 0.452. The number of rotatable bonds is 12. The maximum absolute atomic E-state index is 12.6. The van der Waals surface area contributed by atoms with Crippen LogP contribution in [0.15, 0.2) is 54.6 Å². The Morgan fingerprint density at radius 3 is 2.64 bits per heavy atom. The van der Waals surface area contributed by atoms with Crippen LogP contribution in [0.2, 0.25) is 0 Å². The Labute approximate surface area is 245 Å². The highest BCUT2D eigenvalue weighted by atomic mass is 16.7. The molecule has 2 amide bonds. The first-order valence-corrected chi connectivity index (χ1v) is 14.4. The lowest BCUT2D eigenvalue weighted by Crippen LogP contribution is -2.33. The topological polar surface area (TPSA) is 133 Å². The zero-order valence-corrected chi connectivity index (χ0v) is 24.0. The van der Waals surface area contributed by atoms with Gasteiger partial charge in [0.2, 0.25) is 0 Å². The van der Waals surface area contributed by atoms with Crippen molar-refractivity contribution in [3.05, 3.63) is 77.0 Å². The van der Waals surface area contributed by atoms with E-state index in [2.05, 4.69) is 20.8 Å². The number of H-pyrrole nitrogens is 1. The quantitative estimate of drug-likeness (QED) is 0.275. The van der Waals surface area contributed by atoms with E-state index in [4.69, 9.17) is 23.7 Å². The van der Waals surface area contributed by atoms with Crippen molar-refractivity contribution < 1.29 is 33.3 Å². The van der Waals surface area contributed by atoms with E-state index in [0.717, 1.165) is 35.2 Å². The third-order valence-corrected chi connectivity index (χ3v) is 7.11. The standard InChI is InChI=1S/C31H38N4O7/c1-20(2)32-31(37)42-24-12-11-22(15-24)25-16-27(35-34-25)33-28(36)19-38-18-23-9-6-10-26(29(23)30-39-13-14-40-30)41-17-21-7-4-3-5-8-21/h3-10,16,20,22,24,30H,11-15,17-19H2,1-2H3,(H,32,37)(H2,33,34,35,36)/t22-,24+/m0/s1. The zero-order chi connectivity index (χ0) is 29.3. The number of nitrogens with zero attached hydrogens (tertiary/aromatic N) is 1. The second-order valence-corrected chi connectivity index (χ2v) is 10.8. The van der Waals surface area contributed by atoms with Gasteiger partial charge in [-0.15, -0.1) is 0 Å². The maximum atomic E-state index is 12.6. The van der Waals surface area contributed by atoms with Crippen molar-refractivity contribution in [2.75, 3.05) is 25.1 Å². The molecule has 0 spiro atoms. The minimum absolute atomic E-state index is 0.0268. The summed E-state index contributed by atoms with van der Waals surface area (Å²) in [6.07, 6.45) is 1.25. The fourth-order valence-corrected chi connectivity index (χ4v) is 5.16. The van der Waals surface area contributed by atoms with Crippen LogP contribution in [0.1, 0.15) is 67.7 Å². The molecule has 3 aromatic rings. The van der Waals surface area contributed by atoms with Crippen LogP contribution in [-0.4, -0.2) is 54.2 Å². The van der Waals surface area contributed by atoms with Gasteiger partial charge in [0.15, 0.2) is 12.1 Å². The molecule has 2 aromatic carbocycles. The number of benzene rings is 2. The van der Waals surface area contributed by atoms with Crippen molar-refractivity contribution in [1.82, 2.24) is 15.5 Å². The van der Waals surface area contributed by atoms with Gasteiger partial charge in [-0.25, -0.2) is 4.79 Å². The van der Waals surface area contributed by atoms with Crippen molar-refractivity contribution >= 4 is 17.8 Å². The smallest absolute Gasteiger partial charge is 0.407 e. The lowest BCUT2D eigenvalue weighted by Gasteiger charge is -2.19. The molecule has 2 heterocycles. The minimum Gasteiger partial charge on any atom is -0.488 e. The zero-order valence-electron chi connectivity index (χ0n) is 24.0. The molecule has 1 saturated carbocycles. The van der Waals surface area contributed by atoms with Gasteiger partial charge in [0.1, 0.15) is 25.1 Å². The van der Waals surface area contributed by atoms with E-state index in [0.29, 0.717) is 37.8 Å². The van der Waals surface area contributed by atoms with Crippen molar-refractivity contribution in [2.24, 2.45) is 0 Å². The molecular weight excluding hydrogens is 540 g/mol. The lowest BCUT2D eigenvalue weighted by atomic mass is 10.0. The van der Waals surface area contributed by atoms with Crippen LogP contribution >= 0.6 is 0 Å². The summed E-state index contributed by atoms with van der Waals surface area (Å²) in [4.78, 5) is 24.5. The van der Waals surface area contributed by atoms with Gasteiger partial charge >= 0.3 is 6.09 Å². The number of amides is 2. The minimum atomic E-state index is -0.558. The van der Waals surface area contributed by atoms with Gasteiger partial charge in [-0.05, 0) is 50.3 Å². The van der Waals surface area contributed by atoms with E-state index in [1.165, 1.54) is 0 Å². The van der Waals surface area contributed by atoms with Gasteiger partial charge in [-0.1, -0.05) is 42.5 Å². The molecule has 1 aliphatic heterocycles. The Hall–Kier alpha value is -3.93. The summed E-state index contributed by atoms with van der Waals surface area (Å²) in [7, 11) is 0. The second kappa shape index (κ2) is 14.3. The molecule has 11 heteroatoms. The first-order valence-electron chi connectivity index (χ1n) is 14.4. The summed E-state index contributed by atoms with van der Waals surface area (Å²) in [5.41, 5.74) is 3.54. The Bertz CT molecular complexity index is 1320. The predicted octanol–water partition coefficient (Wildman–Crippen LogP) is 4.96. The Balaban J connectivity index is 1.12. The van der Waals surface area contributed by atoms with Crippen LogP contribution in [0.3, 0.4) is 0 Å². The monoisotopic (exact) mass is 578 g/mol. The first kappa shape index (κ1) is 29.6. The summed E-state index contributed by atoms with van der Waals surface area (Å²) >= 11 is 0. The number of hydrogen-bond acceptors (Lipinski definition) is 8. The molecule has 1 aromatic heterocycles. The third-order valence-electron chi connectivity index (χ3n) is 7.11. The Morgan fingerprint density at radius 1 is 1.05 bits per heavy atom. The van der Waals surface area contributed by atoms with Crippen LogP contribution in [0.4, 0.5) is 10.6 Å². The Morgan fingerprint density at radius 2 is 1.86 bits per heavy atom. The molecule has 1 aliphatic carbocycles. The molecule has 2 aliphatic rings. The van der Waals surface area contributed by atoms with E-state index in [9.17, 15) is 9.59 Å². The molecule has 42 heavy (non-hydrogen) atoms. The predicted molar refractivity (Wildman–Crippen MR) is 154 cm³/mol. The van der Waals surface area contributed by atoms with Gasteiger partial charge in [-0.2, -0.15) is 5.10 Å². The molecular formula is C31H38N4O7. The highest BCUT2D eigenvalue weighted by Gasteiger charge is 2.30. The van der Waals surface area contributed by atoms with Gasteiger partial charge in [-0.3, -0.25) is 9.89 Å². The third kappa shape index (κ3) is 8.09. The average molecular weight is 579 g/mol. The first-order chi connectivity index (χ1) is 20.4. The summed E-state index contributed by atoms with van der Waals surface area (Å²) < 4.78 is 29.0. The van der Waals surface area contributed by atoms with E-state index in [1.807, 2.05) is 68.4 Å². The van der Waals surface area contributed by atoms with Crippen LogP contribution in [-0.2, 0) is 37.0 Å². The molecule has 0 radical (unpaired) electrons. The van der Waals surface area contributed by atoms with Crippen LogP contribution < -0.4 is 15.4 Å². The number of hydrogen-bond donors (Lipinski definition) is 3. The lowest BCUT2D eigenvalue weighted by molar-refractivity contribution is -0.121. The number of nitrogens with one attached hydrogen (secondary N) is 3. The van der Waals surface area contributed by atoms with E-state index < -0.39 is 12.4 Å². The average Bonchev–Trinajstić information content (AvgIpc) is 3.75. The van der Waals surface area contributed by atoms with Crippen molar-refractivity contribution in [1.29, 1.82) is 0 Å². The summed E-state index contributed by atoms with van der Waals surface area (Å²) in [5.74, 6) is 0.925. The maximum Gasteiger partial charge on any atom is 0.407 e. The highest BCUT2D eigenvalue weighted by molar-refractivity contribution is 5.90. The van der Waals surface area contributed by atoms with E-state index in [-0.39, 0.29) is 37.2 Å². The number of alkyl carbamates (subject to hydrolysis) is 1.